The molecule has 98 valence electrons. The van der Waals surface area contributed by atoms with Gasteiger partial charge in [0.25, 0.3) is 0 Å². The fraction of sp³-hybridized carbons (Fsp3) is 0.929. The molecule has 2 fully saturated rings. The van der Waals surface area contributed by atoms with Crippen LogP contribution in [0.15, 0.2) is 0 Å². The van der Waals surface area contributed by atoms with Crippen LogP contribution in [0, 0.1) is 5.41 Å². The maximum Gasteiger partial charge on any atom is 0.240 e. The summed E-state index contributed by atoms with van der Waals surface area (Å²) >= 11 is 0. The summed E-state index contributed by atoms with van der Waals surface area (Å²) in [7, 11) is 0. The van der Waals surface area contributed by atoms with Crippen LogP contribution < -0.4 is 11.1 Å². The van der Waals surface area contributed by atoms with E-state index in [2.05, 4.69) is 12.2 Å². The lowest BCUT2D eigenvalue weighted by Crippen LogP contribution is -2.55. The van der Waals surface area contributed by atoms with Gasteiger partial charge in [0, 0.05) is 6.54 Å². The van der Waals surface area contributed by atoms with Crippen LogP contribution in [0.2, 0.25) is 0 Å². The molecule has 2 aliphatic carbocycles. The van der Waals surface area contributed by atoms with Crippen molar-refractivity contribution in [2.24, 2.45) is 11.1 Å². The lowest BCUT2D eigenvalue weighted by molar-refractivity contribution is -0.127. The van der Waals surface area contributed by atoms with E-state index in [-0.39, 0.29) is 5.91 Å². The van der Waals surface area contributed by atoms with Crippen molar-refractivity contribution in [3.8, 4) is 0 Å². The van der Waals surface area contributed by atoms with Crippen molar-refractivity contribution >= 4 is 5.91 Å². The molecule has 17 heavy (non-hydrogen) atoms. The summed E-state index contributed by atoms with van der Waals surface area (Å²) in [6, 6.07) is 0. The van der Waals surface area contributed by atoms with Crippen LogP contribution in [0.4, 0.5) is 0 Å². The van der Waals surface area contributed by atoms with Crippen molar-refractivity contribution < 1.29 is 4.79 Å². The molecule has 3 nitrogen and oxygen atoms in total. The number of amides is 1. The predicted molar refractivity (Wildman–Crippen MR) is 69.6 cm³/mol. The highest BCUT2D eigenvalue weighted by Crippen LogP contribution is 2.49. The SMILES string of the molecule is CCCC1(CNC(=O)C2(N)CCCCC2)CC1. The van der Waals surface area contributed by atoms with Gasteiger partial charge >= 0.3 is 0 Å². The highest BCUT2D eigenvalue weighted by Gasteiger charge is 2.43. The van der Waals surface area contributed by atoms with Gasteiger partial charge in [0.1, 0.15) is 0 Å². The summed E-state index contributed by atoms with van der Waals surface area (Å²) in [6.07, 6.45) is 10.2. The third kappa shape index (κ3) is 3.01. The highest BCUT2D eigenvalue weighted by molar-refractivity contribution is 5.86. The molecule has 0 aromatic carbocycles. The largest absolute Gasteiger partial charge is 0.354 e. The van der Waals surface area contributed by atoms with Gasteiger partial charge in [-0.1, -0.05) is 32.6 Å². The van der Waals surface area contributed by atoms with E-state index in [1.807, 2.05) is 0 Å². The van der Waals surface area contributed by atoms with Gasteiger partial charge in [0.2, 0.25) is 5.91 Å². The second-order valence-electron chi connectivity index (χ2n) is 6.15. The normalized spacial score (nSPS) is 25.3. The van der Waals surface area contributed by atoms with E-state index >= 15 is 0 Å². The fourth-order valence-electron chi connectivity index (χ4n) is 3.08. The van der Waals surface area contributed by atoms with Crippen molar-refractivity contribution in [2.45, 2.75) is 70.3 Å². The Morgan fingerprint density at radius 3 is 2.35 bits per heavy atom. The smallest absolute Gasteiger partial charge is 0.240 e. The Morgan fingerprint density at radius 1 is 1.18 bits per heavy atom. The summed E-state index contributed by atoms with van der Waals surface area (Å²) in [5, 5.41) is 3.12. The molecule has 0 saturated heterocycles. The Balaban J connectivity index is 1.80. The number of rotatable bonds is 5. The van der Waals surface area contributed by atoms with Gasteiger partial charge < -0.3 is 11.1 Å². The zero-order valence-corrected chi connectivity index (χ0v) is 11.1. The lowest BCUT2D eigenvalue weighted by Gasteiger charge is -2.32. The van der Waals surface area contributed by atoms with E-state index in [0.29, 0.717) is 5.41 Å². The molecule has 0 aromatic rings. The molecule has 3 N–H and O–H groups in total. The van der Waals surface area contributed by atoms with Gasteiger partial charge in [-0.3, -0.25) is 4.79 Å². The first-order valence-corrected chi connectivity index (χ1v) is 7.17. The molecule has 0 atom stereocenters. The minimum atomic E-state index is -0.569. The van der Waals surface area contributed by atoms with Crippen LogP contribution >= 0.6 is 0 Å². The molecule has 2 aliphatic rings. The maximum absolute atomic E-state index is 12.2. The molecular weight excluding hydrogens is 212 g/mol. The molecule has 2 saturated carbocycles. The zero-order chi connectivity index (χ0) is 12.4. The first kappa shape index (κ1) is 12.9. The first-order chi connectivity index (χ1) is 8.10. The second kappa shape index (κ2) is 4.97. The van der Waals surface area contributed by atoms with Crippen LogP contribution in [0.3, 0.4) is 0 Å². The van der Waals surface area contributed by atoms with E-state index in [1.165, 1.54) is 32.1 Å². The number of carbonyl (C=O) groups is 1. The summed E-state index contributed by atoms with van der Waals surface area (Å²) in [5.41, 5.74) is 6.07. The number of hydrogen-bond acceptors (Lipinski definition) is 2. The molecule has 1 amide bonds. The molecular formula is C14H26N2O. The molecule has 0 radical (unpaired) electrons. The summed E-state index contributed by atoms with van der Waals surface area (Å²) in [6.45, 7) is 3.06. The van der Waals surface area contributed by atoms with Crippen LogP contribution in [-0.2, 0) is 4.79 Å². The molecule has 0 spiro atoms. The van der Waals surface area contributed by atoms with Gasteiger partial charge in [-0.2, -0.15) is 0 Å². The Labute approximate surface area is 105 Å². The van der Waals surface area contributed by atoms with Gasteiger partial charge in [-0.25, -0.2) is 0 Å². The van der Waals surface area contributed by atoms with Gasteiger partial charge in [0.15, 0.2) is 0 Å². The standard InChI is InChI=1S/C14H26N2O/c1-2-6-13(9-10-13)11-16-12(17)14(15)7-4-3-5-8-14/h2-11,15H2,1H3,(H,16,17). The van der Waals surface area contributed by atoms with Crippen LogP contribution in [0.1, 0.15) is 64.7 Å². The highest BCUT2D eigenvalue weighted by atomic mass is 16.2. The van der Waals surface area contributed by atoms with E-state index in [4.69, 9.17) is 5.73 Å². The van der Waals surface area contributed by atoms with Crippen molar-refractivity contribution in [3.05, 3.63) is 0 Å². The maximum atomic E-state index is 12.2. The number of nitrogens with two attached hydrogens (primary N) is 1. The fourth-order valence-corrected chi connectivity index (χ4v) is 3.08. The second-order valence-corrected chi connectivity index (χ2v) is 6.15. The molecule has 0 aliphatic heterocycles. The molecule has 2 rings (SSSR count). The molecule has 0 bridgehead atoms. The molecule has 3 heteroatoms. The van der Waals surface area contributed by atoms with Crippen molar-refractivity contribution in [2.75, 3.05) is 6.54 Å². The summed E-state index contributed by atoms with van der Waals surface area (Å²) in [5.74, 6) is 0.0968. The minimum Gasteiger partial charge on any atom is -0.354 e. The quantitative estimate of drug-likeness (QED) is 0.772. The van der Waals surface area contributed by atoms with Crippen LogP contribution in [0.25, 0.3) is 0 Å². The molecule has 0 heterocycles. The Hall–Kier alpha value is -0.570. The van der Waals surface area contributed by atoms with E-state index in [0.717, 1.165) is 32.2 Å². The number of hydrogen-bond donors (Lipinski definition) is 2. The molecule has 0 unspecified atom stereocenters. The average molecular weight is 238 g/mol. The predicted octanol–water partition coefficient (Wildman–Crippen LogP) is 2.34. The van der Waals surface area contributed by atoms with E-state index < -0.39 is 5.54 Å². The topological polar surface area (TPSA) is 55.1 Å². The summed E-state index contributed by atoms with van der Waals surface area (Å²) < 4.78 is 0. The Morgan fingerprint density at radius 2 is 1.82 bits per heavy atom. The Bertz CT molecular complexity index is 278. The van der Waals surface area contributed by atoms with Crippen LogP contribution in [0.5, 0.6) is 0 Å². The Kier molecular flexibility index (Phi) is 3.76. The first-order valence-electron chi connectivity index (χ1n) is 7.17. The monoisotopic (exact) mass is 238 g/mol. The van der Waals surface area contributed by atoms with E-state index in [1.54, 1.807) is 0 Å². The third-order valence-electron chi connectivity index (χ3n) is 4.56. The third-order valence-corrected chi connectivity index (χ3v) is 4.56. The number of carbonyl (C=O) groups excluding carboxylic acids is 1. The van der Waals surface area contributed by atoms with Crippen molar-refractivity contribution in [3.63, 3.8) is 0 Å². The van der Waals surface area contributed by atoms with Gasteiger partial charge in [0.05, 0.1) is 5.54 Å². The van der Waals surface area contributed by atoms with Gasteiger partial charge in [-0.15, -0.1) is 0 Å². The molecule has 0 aromatic heterocycles. The number of nitrogens with one attached hydrogen (secondary N) is 1. The van der Waals surface area contributed by atoms with E-state index in [9.17, 15) is 4.79 Å². The lowest BCUT2D eigenvalue weighted by atomic mass is 9.82. The summed E-state index contributed by atoms with van der Waals surface area (Å²) in [4.78, 5) is 12.2. The van der Waals surface area contributed by atoms with Crippen molar-refractivity contribution in [1.82, 2.24) is 5.32 Å². The van der Waals surface area contributed by atoms with Gasteiger partial charge in [-0.05, 0) is 37.5 Å². The van der Waals surface area contributed by atoms with Crippen LogP contribution in [-0.4, -0.2) is 18.0 Å². The van der Waals surface area contributed by atoms with Crippen molar-refractivity contribution in [1.29, 1.82) is 0 Å². The zero-order valence-electron chi connectivity index (χ0n) is 11.1. The average Bonchev–Trinajstić information content (AvgIpc) is 3.08. The minimum absolute atomic E-state index is 0.0968.